The van der Waals surface area contributed by atoms with Gasteiger partial charge in [0.15, 0.2) is 0 Å². The number of likely N-dealkylation sites (tertiary alicyclic amines) is 1. The SMILES string of the molecule is O=C(O)O[C@@H]1CCCN(CCCOCC=C2c3ccccc3C=Cc3ccccc32)C1. The molecule has 0 radical (unpaired) electrons. The molecular formula is C26H29NO4. The average Bonchev–Trinajstić information content (AvgIpc) is 2.93. The van der Waals surface area contributed by atoms with E-state index in [2.05, 4.69) is 71.7 Å². The quantitative estimate of drug-likeness (QED) is 0.423. The van der Waals surface area contributed by atoms with Gasteiger partial charge in [0.25, 0.3) is 0 Å². The fraction of sp³-hybridized carbons (Fsp3) is 0.346. The number of piperidine rings is 1. The van der Waals surface area contributed by atoms with E-state index in [0.717, 1.165) is 32.4 Å². The minimum atomic E-state index is -1.18. The highest BCUT2D eigenvalue weighted by Crippen LogP contribution is 2.33. The van der Waals surface area contributed by atoms with Gasteiger partial charge in [0.2, 0.25) is 0 Å². The van der Waals surface area contributed by atoms with Gasteiger partial charge in [0.1, 0.15) is 6.10 Å². The van der Waals surface area contributed by atoms with Crippen molar-refractivity contribution in [2.75, 3.05) is 32.8 Å². The number of rotatable bonds is 7. The Morgan fingerprint density at radius 1 is 1.06 bits per heavy atom. The number of ether oxygens (including phenoxy) is 2. The van der Waals surface area contributed by atoms with Crippen LogP contribution in [0.4, 0.5) is 4.79 Å². The predicted octanol–water partition coefficient (Wildman–Crippen LogP) is 5.17. The van der Waals surface area contributed by atoms with Crippen molar-refractivity contribution in [2.24, 2.45) is 0 Å². The molecule has 162 valence electrons. The number of nitrogens with zero attached hydrogens (tertiary/aromatic N) is 1. The van der Waals surface area contributed by atoms with Crippen LogP contribution in [0.5, 0.6) is 0 Å². The van der Waals surface area contributed by atoms with Crippen LogP contribution in [0.3, 0.4) is 0 Å². The van der Waals surface area contributed by atoms with E-state index in [1.165, 1.54) is 27.8 Å². The zero-order valence-electron chi connectivity index (χ0n) is 17.7. The van der Waals surface area contributed by atoms with Crippen molar-refractivity contribution in [3.05, 3.63) is 76.9 Å². The third kappa shape index (κ3) is 5.63. The molecule has 1 atom stereocenters. The molecule has 1 heterocycles. The van der Waals surface area contributed by atoms with E-state index < -0.39 is 6.16 Å². The van der Waals surface area contributed by atoms with E-state index in [1.54, 1.807) is 0 Å². The summed E-state index contributed by atoms with van der Waals surface area (Å²) in [6.45, 7) is 3.79. The first-order valence-electron chi connectivity index (χ1n) is 11.0. The van der Waals surface area contributed by atoms with Crippen molar-refractivity contribution in [2.45, 2.75) is 25.4 Å². The molecule has 1 fully saturated rings. The van der Waals surface area contributed by atoms with Crippen molar-refractivity contribution in [1.29, 1.82) is 0 Å². The van der Waals surface area contributed by atoms with Crippen molar-refractivity contribution in [3.63, 3.8) is 0 Å². The fourth-order valence-electron chi connectivity index (χ4n) is 4.39. The summed E-state index contributed by atoms with van der Waals surface area (Å²) in [7, 11) is 0. The monoisotopic (exact) mass is 419 g/mol. The second kappa shape index (κ2) is 10.4. The summed E-state index contributed by atoms with van der Waals surface area (Å²) in [6, 6.07) is 16.9. The maximum Gasteiger partial charge on any atom is 0.506 e. The van der Waals surface area contributed by atoms with Crippen LogP contribution in [0.2, 0.25) is 0 Å². The van der Waals surface area contributed by atoms with Crippen LogP contribution in [0, 0.1) is 0 Å². The molecule has 0 spiro atoms. The first-order chi connectivity index (χ1) is 15.2. The van der Waals surface area contributed by atoms with Gasteiger partial charge in [-0.05, 0) is 53.6 Å². The lowest BCUT2D eigenvalue weighted by atomic mass is 9.93. The Hall–Kier alpha value is -2.89. The van der Waals surface area contributed by atoms with Gasteiger partial charge < -0.3 is 14.6 Å². The summed E-state index contributed by atoms with van der Waals surface area (Å²) in [6.07, 6.45) is 7.84. The Balaban J connectivity index is 1.31. The van der Waals surface area contributed by atoms with Crippen molar-refractivity contribution < 1.29 is 19.4 Å². The van der Waals surface area contributed by atoms with E-state index in [4.69, 9.17) is 14.6 Å². The molecule has 0 aromatic heterocycles. The van der Waals surface area contributed by atoms with Gasteiger partial charge in [-0.25, -0.2) is 4.79 Å². The van der Waals surface area contributed by atoms with Gasteiger partial charge >= 0.3 is 6.16 Å². The largest absolute Gasteiger partial charge is 0.506 e. The number of hydrogen-bond acceptors (Lipinski definition) is 4. The van der Waals surface area contributed by atoms with Crippen LogP contribution in [-0.2, 0) is 9.47 Å². The Bertz CT molecular complexity index is 914. The normalized spacial score (nSPS) is 18.1. The number of carboxylic acid groups (broad SMARTS) is 1. The Morgan fingerprint density at radius 3 is 2.42 bits per heavy atom. The van der Waals surface area contributed by atoms with Crippen molar-refractivity contribution in [1.82, 2.24) is 4.90 Å². The molecule has 2 aromatic carbocycles. The molecule has 2 aromatic rings. The maximum absolute atomic E-state index is 10.7. The van der Waals surface area contributed by atoms with Crippen LogP contribution >= 0.6 is 0 Å². The van der Waals surface area contributed by atoms with Gasteiger partial charge in [-0.15, -0.1) is 0 Å². The van der Waals surface area contributed by atoms with Gasteiger partial charge in [-0.3, -0.25) is 4.90 Å². The van der Waals surface area contributed by atoms with Crippen LogP contribution < -0.4 is 0 Å². The lowest BCUT2D eigenvalue weighted by Crippen LogP contribution is -2.41. The summed E-state index contributed by atoms with van der Waals surface area (Å²) in [5.74, 6) is 0. The standard InChI is InChI=1S/C26H29NO4/c28-26(29)31-22-9-5-15-27(19-22)16-6-17-30-18-14-25-23-10-3-1-7-20(23)12-13-21-8-2-4-11-24(21)25/h1-4,7-8,10-14,22H,5-6,9,15-19H2,(H,28,29)/t22-/m1/s1. The number of fused-ring (bicyclic) bond motifs is 2. The zero-order valence-corrected chi connectivity index (χ0v) is 17.7. The lowest BCUT2D eigenvalue weighted by molar-refractivity contribution is 0.0115. The Labute approximate surface area is 183 Å². The van der Waals surface area contributed by atoms with Crippen LogP contribution in [0.15, 0.2) is 54.6 Å². The van der Waals surface area contributed by atoms with E-state index >= 15 is 0 Å². The molecule has 0 saturated carbocycles. The Kier molecular flexibility index (Phi) is 7.18. The minimum Gasteiger partial charge on any atom is -0.450 e. The minimum absolute atomic E-state index is 0.208. The van der Waals surface area contributed by atoms with Crippen molar-refractivity contribution in [3.8, 4) is 0 Å². The topological polar surface area (TPSA) is 59.0 Å². The maximum atomic E-state index is 10.7. The molecule has 5 nitrogen and oxygen atoms in total. The van der Waals surface area contributed by atoms with E-state index in [0.29, 0.717) is 19.8 Å². The number of benzene rings is 2. The Morgan fingerprint density at radius 2 is 1.74 bits per heavy atom. The molecular weight excluding hydrogens is 390 g/mol. The second-order valence-electron chi connectivity index (χ2n) is 8.00. The van der Waals surface area contributed by atoms with Gasteiger partial charge in [0, 0.05) is 19.7 Å². The third-order valence-corrected chi connectivity index (χ3v) is 5.84. The molecule has 4 rings (SSSR count). The van der Waals surface area contributed by atoms with Crippen LogP contribution in [0.1, 0.15) is 41.5 Å². The van der Waals surface area contributed by atoms with E-state index in [1.807, 2.05) is 0 Å². The molecule has 0 unspecified atom stereocenters. The highest BCUT2D eigenvalue weighted by Gasteiger charge is 2.22. The summed E-state index contributed by atoms with van der Waals surface area (Å²) in [5.41, 5.74) is 6.09. The zero-order chi connectivity index (χ0) is 21.5. The molecule has 1 N–H and O–H groups in total. The highest BCUT2D eigenvalue weighted by molar-refractivity contribution is 5.93. The lowest BCUT2D eigenvalue weighted by Gasteiger charge is -2.31. The molecule has 1 aliphatic carbocycles. The summed E-state index contributed by atoms with van der Waals surface area (Å²) < 4.78 is 10.9. The summed E-state index contributed by atoms with van der Waals surface area (Å²) in [4.78, 5) is 13.0. The molecule has 1 saturated heterocycles. The fourth-order valence-corrected chi connectivity index (χ4v) is 4.39. The third-order valence-electron chi connectivity index (χ3n) is 5.84. The second-order valence-corrected chi connectivity index (χ2v) is 8.00. The average molecular weight is 420 g/mol. The van der Waals surface area contributed by atoms with Crippen LogP contribution in [-0.4, -0.2) is 55.1 Å². The number of hydrogen-bond donors (Lipinski definition) is 1. The highest BCUT2D eigenvalue weighted by atomic mass is 16.7. The molecule has 1 aliphatic heterocycles. The molecule has 31 heavy (non-hydrogen) atoms. The van der Waals surface area contributed by atoms with E-state index in [-0.39, 0.29) is 6.10 Å². The van der Waals surface area contributed by atoms with E-state index in [9.17, 15) is 4.79 Å². The molecule has 5 heteroatoms. The molecule has 2 aliphatic rings. The first kappa shape index (κ1) is 21.3. The summed E-state index contributed by atoms with van der Waals surface area (Å²) >= 11 is 0. The first-order valence-corrected chi connectivity index (χ1v) is 11.0. The predicted molar refractivity (Wildman–Crippen MR) is 123 cm³/mol. The molecule has 0 amide bonds. The number of carbonyl (C=O) groups is 1. The van der Waals surface area contributed by atoms with Gasteiger partial charge in [0.05, 0.1) is 6.61 Å². The van der Waals surface area contributed by atoms with Gasteiger partial charge in [-0.2, -0.15) is 0 Å². The summed E-state index contributed by atoms with van der Waals surface area (Å²) in [5, 5.41) is 8.80. The smallest absolute Gasteiger partial charge is 0.450 e. The van der Waals surface area contributed by atoms with Gasteiger partial charge in [-0.1, -0.05) is 66.8 Å². The van der Waals surface area contributed by atoms with Crippen LogP contribution in [0.25, 0.3) is 17.7 Å². The molecule has 0 bridgehead atoms. The van der Waals surface area contributed by atoms with Crippen molar-refractivity contribution >= 4 is 23.9 Å².